The summed E-state index contributed by atoms with van der Waals surface area (Å²) in [7, 11) is 0. The molecule has 0 bridgehead atoms. The zero-order chi connectivity index (χ0) is 6.97. The Labute approximate surface area is 56.5 Å². The van der Waals surface area contributed by atoms with Gasteiger partial charge in [0.2, 0.25) is 0 Å². The van der Waals surface area contributed by atoms with Crippen molar-refractivity contribution >= 4 is 11.2 Å². The second kappa shape index (κ2) is 1.73. The number of aryl methyl sites for hydroxylation is 1. The predicted molar refractivity (Wildman–Crippen MR) is 34.2 cm³/mol. The Balaban J connectivity index is 2.88. The Hall–Kier alpha value is -1.52. The molecule has 0 aliphatic heterocycles. The van der Waals surface area contributed by atoms with Crippen molar-refractivity contribution in [2.24, 2.45) is 0 Å². The van der Waals surface area contributed by atoms with E-state index in [4.69, 9.17) is 0 Å². The van der Waals surface area contributed by atoms with E-state index in [9.17, 15) is 0 Å². The molecular formula is C5H5N5. The van der Waals surface area contributed by atoms with E-state index >= 15 is 0 Å². The van der Waals surface area contributed by atoms with Gasteiger partial charge in [-0.2, -0.15) is 0 Å². The molecule has 0 fully saturated rings. The molecule has 1 N–H and O–H groups in total. The van der Waals surface area contributed by atoms with Crippen molar-refractivity contribution in [3.8, 4) is 0 Å². The lowest BCUT2D eigenvalue weighted by Crippen LogP contribution is -1.89. The fourth-order valence-corrected chi connectivity index (χ4v) is 0.846. The molecule has 50 valence electrons. The molecule has 0 saturated heterocycles. The quantitative estimate of drug-likeness (QED) is 0.554. The number of nitrogens with zero attached hydrogens (tertiary/aromatic N) is 4. The Kier molecular flexibility index (Phi) is 0.913. The number of hydrogen-bond donors (Lipinski definition) is 1. The Bertz CT molecular complexity index is 319. The van der Waals surface area contributed by atoms with Crippen molar-refractivity contribution in [2.45, 2.75) is 6.92 Å². The van der Waals surface area contributed by atoms with Crippen LogP contribution in [0.1, 0.15) is 5.69 Å². The Morgan fingerprint density at radius 3 is 2.90 bits per heavy atom. The van der Waals surface area contributed by atoms with Crippen LogP contribution in [-0.2, 0) is 0 Å². The summed E-state index contributed by atoms with van der Waals surface area (Å²) >= 11 is 0. The predicted octanol–water partition coefficient (Wildman–Crippen LogP) is 0.0563. The minimum Gasteiger partial charge on any atom is -0.341 e. The average Bonchev–Trinajstić information content (AvgIpc) is 2.27. The van der Waals surface area contributed by atoms with Gasteiger partial charge in [-0.25, -0.2) is 0 Å². The monoisotopic (exact) mass is 135 g/mol. The highest BCUT2D eigenvalue weighted by Gasteiger charge is 1.97. The van der Waals surface area contributed by atoms with Gasteiger partial charge in [-0.3, -0.25) is 0 Å². The lowest BCUT2D eigenvalue weighted by Gasteiger charge is -1.79. The molecule has 2 aromatic heterocycles. The molecule has 0 unspecified atom stereocenters. The summed E-state index contributed by atoms with van der Waals surface area (Å²) in [6.07, 6.45) is 0. The lowest BCUT2D eigenvalue weighted by atomic mass is 10.5. The summed E-state index contributed by atoms with van der Waals surface area (Å²) in [6, 6.07) is 1.87. The van der Waals surface area contributed by atoms with Crippen LogP contribution in [0.15, 0.2) is 6.07 Å². The molecule has 0 spiro atoms. The number of aromatic amines is 1. The normalized spacial score (nSPS) is 10.5. The van der Waals surface area contributed by atoms with Gasteiger partial charge < -0.3 is 4.98 Å². The molecule has 0 radical (unpaired) electrons. The van der Waals surface area contributed by atoms with Crippen LogP contribution in [0.5, 0.6) is 0 Å². The standard InChI is InChI=1S/C5H5N5/c1-3-2-4-5(6-3)8-10-9-7-4/h2H,1H3,(H,6,8,9). The minimum absolute atomic E-state index is 0.688. The van der Waals surface area contributed by atoms with Crippen molar-refractivity contribution in [3.05, 3.63) is 11.8 Å². The molecule has 5 heteroatoms. The highest BCUT2D eigenvalue weighted by molar-refractivity contribution is 5.69. The van der Waals surface area contributed by atoms with Gasteiger partial charge in [0.1, 0.15) is 5.52 Å². The summed E-state index contributed by atoms with van der Waals surface area (Å²) in [6.45, 7) is 1.93. The molecule has 0 atom stereocenters. The van der Waals surface area contributed by atoms with Gasteiger partial charge in [0.25, 0.3) is 0 Å². The summed E-state index contributed by atoms with van der Waals surface area (Å²) < 4.78 is 0. The minimum atomic E-state index is 0.688. The van der Waals surface area contributed by atoms with E-state index in [0.717, 1.165) is 11.2 Å². The third kappa shape index (κ3) is 0.637. The van der Waals surface area contributed by atoms with Gasteiger partial charge in [0.15, 0.2) is 5.65 Å². The molecule has 0 aromatic carbocycles. The molecule has 0 aliphatic carbocycles. The van der Waals surface area contributed by atoms with Crippen LogP contribution < -0.4 is 0 Å². The van der Waals surface area contributed by atoms with Crippen LogP contribution in [-0.4, -0.2) is 25.6 Å². The van der Waals surface area contributed by atoms with E-state index in [0.29, 0.717) is 5.65 Å². The fourth-order valence-electron chi connectivity index (χ4n) is 0.846. The van der Waals surface area contributed by atoms with E-state index < -0.39 is 0 Å². The first kappa shape index (κ1) is 5.28. The third-order valence-corrected chi connectivity index (χ3v) is 1.25. The molecule has 5 nitrogen and oxygen atoms in total. The summed E-state index contributed by atoms with van der Waals surface area (Å²) in [5.74, 6) is 0. The highest BCUT2D eigenvalue weighted by atomic mass is 15.4. The number of nitrogens with one attached hydrogen (secondary N) is 1. The smallest absolute Gasteiger partial charge is 0.182 e. The first-order valence-electron chi connectivity index (χ1n) is 2.87. The molecule has 0 saturated carbocycles. The van der Waals surface area contributed by atoms with Gasteiger partial charge in [-0.15, -0.1) is 10.2 Å². The summed E-state index contributed by atoms with van der Waals surface area (Å²) in [4.78, 5) is 2.98. The molecular weight excluding hydrogens is 130 g/mol. The van der Waals surface area contributed by atoms with Crippen molar-refractivity contribution < 1.29 is 0 Å². The molecule has 2 rings (SSSR count). The SMILES string of the molecule is Cc1cc2nnnnc2[nH]1. The Morgan fingerprint density at radius 2 is 2.10 bits per heavy atom. The van der Waals surface area contributed by atoms with Crippen molar-refractivity contribution in [3.63, 3.8) is 0 Å². The van der Waals surface area contributed by atoms with Gasteiger partial charge in [-0.1, -0.05) is 0 Å². The van der Waals surface area contributed by atoms with Crippen LogP contribution in [0, 0.1) is 6.92 Å². The summed E-state index contributed by atoms with van der Waals surface area (Å²) in [5.41, 5.74) is 2.46. The second-order valence-corrected chi connectivity index (χ2v) is 2.07. The molecule has 10 heavy (non-hydrogen) atoms. The third-order valence-electron chi connectivity index (χ3n) is 1.25. The highest BCUT2D eigenvalue weighted by Crippen LogP contribution is 2.05. The van der Waals surface area contributed by atoms with E-state index in [1.165, 1.54) is 0 Å². The van der Waals surface area contributed by atoms with E-state index in [1.54, 1.807) is 0 Å². The maximum Gasteiger partial charge on any atom is 0.182 e. The van der Waals surface area contributed by atoms with Crippen LogP contribution >= 0.6 is 0 Å². The van der Waals surface area contributed by atoms with Gasteiger partial charge in [0.05, 0.1) is 0 Å². The molecule has 2 aromatic rings. The number of aromatic nitrogens is 5. The number of hydrogen-bond acceptors (Lipinski definition) is 4. The summed E-state index contributed by atoms with van der Waals surface area (Å²) in [5, 5.41) is 14.2. The Morgan fingerprint density at radius 1 is 1.30 bits per heavy atom. The second-order valence-electron chi connectivity index (χ2n) is 2.07. The number of rotatable bonds is 0. The lowest BCUT2D eigenvalue weighted by molar-refractivity contribution is 0.794. The van der Waals surface area contributed by atoms with Gasteiger partial charge in [0, 0.05) is 5.69 Å². The zero-order valence-corrected chi connectivity index (χ0v) is 5.37. The topological polar surface area (TPSA) is 67.3 Å². The van der Waals surface area contributed by atoms with Crippen LogP contribution in [0.3, 0.4) is 0 Å². The maximum atomic E-state index is 3.75. The van der Waals surface area contributed by atoms with Crippen molar-refractivity contribution in [1.29, 1.82) is 0 Å². The van der Waals surface area contributed by atoms with E-state index in [-0.39, 0.29) is 0 Å². The van der Waals surface area contributed by atoms with Crippen LogP contribution in [0.25, 0.3) is 11.2 Å². The van der Waals surface area contributed by atoms with E-state index in [1.807, 2.05) is 13.0 Å². The molecule has 0 aliphatic rings. The first-order valence-corrected chi connectivity index (χ1v) is 2.87. The number of fused-ring (bicyclic) bond motifs is 1. The maximum absolute atomic E-state index is 3.75. The first-order chi connectivity index (χ1) is 4.86. The van der Waals surface area contributed by atoms with Gasteiger partial charge >= 0.3 is 0 Å². The van der Waals surface area contributed by atoms with Gasteiger partial charge in [-0.05, 0) is 23.4 Å². The largest absolute Gasteiger partial charge is 0.341 e. The van der Waals surface area contributed by atoms with Crippen molar-refractivity contribution in [2.75, 3.05) is 0 Å². The molecule has 0 amide bonds. The van der Waals surface area contributed by atoms with E-state index in [2.05, 4.69) is 25.6 Å². The molecule has 2 heterocycles. The average molecular weight is 135 g/mol. The fraction of sp³-hybridized carbons (Fsp3) is 0.200. The van der Waals surface area contributed by atoms with Crippen LogP contribution in [0.2, 0.25) is 0 Å². The zero-order valence-electron chi connectivity index (χ0n) is 5.37. The number of H-pyrrole nitrogens is 1. The van der Waals surface area contributed by atoms with Crippen LogP contribution in [0.4, 0.5) is 0 Å². The van der Waals surface area contributed by atoms with Crippen molar-refractivity contribution in [1.82, 2.24) is 25.6 Å².